The Balaban J connectivity index is 1.48. The SMILES string of the molecule is Cc1nc(O[C@H]2CC[C@H](c3cccc(C(F)(F)F)c3)C[C@@H]2N(C)C)ccc1S(=O)(=O)Nc1ccncn1. The van der Waals surface area contributed by atoms with Crippen LogP contribution in [-0.2, 0) is 16.2 Å². The van der Waals surface area contributed by atoms with Crippen LogP contribution in [0.3, 0.4) is 0 Å². The molecule has 1 N–H and O–H groups in total. The molecule has 3 atom stereocenters. The molecule has 12 heteroatoms. The lowest BCUT2D eigenvalue weighted by molar-refractivity contribution is -0.137. The number of aromatic nitrogens is 3. The molecule has 0 amide bonds. The molecule has 1 saturated carbocycles. The molecule has 0 saturated heterocycles. The van der Waals surface area contributed by atoms with E-state index in [0.29, 0.717) is 24.8 Å². The summed E-state index contributed by atoms with van der Waals surface area (Å²) in [5.41, 5.74) is 0.284. The second-order valence-corrected chi connectivity index (χ2v) is 10.9. The van der Waals surface area contributed by atoms with Crippen LogP contribution in [0.5, 0.6) is 5.88 Å². The maximum Gasteiger partial charge on any atom is 0.416 e. The molecule has 2 heterocycles. The second kappa shape index (κ2) is 10.6. The van der Waals surface area contributed by atoms with E-state index >= 15 is 0 Å². The molecule has 198 valence electrons. The number of halogens is 3. The lowest BCUT2D eigenvalue weighted by Crippen LogP contribution is -2.46. The topological polar surface area (TPSA) is 97.3 Å². The predicted molar refractivity (Wildman–Crippen MR) is 132 cm³/mol. The molecule has 0 spiro atoms. The van der Waals surface area contributed by atoms with Gasteiger partial charge in [-0.25, -0.2) is 23.4 Å². The maximum absolute atomic E-state index is 13.2. The van der Waals surface area contributed by atoms with Gasteiger partial charge in [-0.3, -0.25) is 4.72 Å². The molecule has 2 aromatic heterocycles. The van der Waals surface area contributed by atoms with E-state index in [2.05, 4.69) is 19.7 Å². The molecule has 3 aromatic rings. The highest BCUT2D eigenvalue weighted by molar-refractivity contribution is 7.92. The minimum atomic E-state index is -4.38. The Morgan fingerprint density at radius 3 is 2.54 bits per heavy atom. The first-order valence-corrected chi connectivity index (χ1v) is 13.2. The zero-order valence-corrected chi connectivity index (χ0v) is 21.4. The Kier molecular flexibility index (Phi) is 7.69. The minimum Gasteiger partial charge on any atom is -0.473 e. The quantitative estimate of drug-likeness (QED) is 0.471. The highest BCUT2D eigenvalue weighted by atomic mass is 32.2. The zero-order valence-electron chi connectivity index (χ0n) is 20.6. The fraction of sp³-hybridized carbons (Fsp3) is 0.400. The lowest BCUT2D eigenvalue weighted by atomic mass is 9.79. The van der Waals surface area contributed by atoms with Gasteiger partial charge in [0.1, 0.15) is 23.1 Å². The third kappa shape index (κ3) is 6.37. The van der Waals surface area contributed by atoms with Gasteiger partial charge in [0.05, 0.1) is 11.3 Å². The van der Waals surface area contributed by atoms with Crippen molar-refractivity contribution in [1.82, 2.24) is 19.9 Å². The molecule has 1 aromatic carbocycles. The number of hydrogen-bond donors (Lipinski definition) is 1. The first-order valence-electron chi connectivity index (χ1n) is 11.7. The Bertz CT molecular complexity index is 1340. The van der Waals surface area contributed by atoms with E-state index in [1.54, 1.807) is 13.0 Å². The largest absolute Gasteiger partial charge is 0.473 e. The first-order chi connectivity index (χ1) is 17.4. The van der Waals surface area contributed by atoms with Crippen molar-refractivity contribution in [2.24, 2.45) is 0 Å². The minimum absolute atomic E-state index is 0.00382. The summed E-state index contributed by atoms with van der Waals surface area (Å²) in [6, 6.07) is 9.82. The standard InChI is InChI=1S/C25H28F3N5O3S/c1-16-22(37(34,35)32-23-11-12-29-15-30-23)9-10-24(31-16)36-21-8-7-18(14-20(21)33(2)3)17-5-4-6-19(13-17)25(26,27)28/h4-6,9-13,15,18,20-21H,7-8,14H2,1-3H3,(H,29,30,32)/t18-,20-,21-/m0/s1. The lowest BCUT2D eigenvalue weighted by Gasteiger charge is -2.39. The summed E-state index contributed by atoms with van der Waals surface area (Å²) in [6.45, 7) is 1.58. The number of anilines is 1. The van der Waals surface area contributed by atoms with E-state index in [0.717, 1.165) is 6.07 Å². The molecule has 1 fully saturated rings. The number of likely N-dealkylation sites (N-methyl/N-ethyl adjacent to an activating group) is 1. The number of alkyl halides is 3. The van der Waals surface area contributed by atoms with Crippen molar-refractivity contribution in [1.29, 1.82) is 0 Å². The Labute approximate surface area is 214 Å². The average molecular weight is 536 g/mol. The van der Waals surface area contributed by atoms with Crippen molar-refractivity contribution >= 4 is 15.8 Å². The monoisotopic (exact) mass is 535 g/mol. The summed E-state index contributed by atoms with van der Waals surface area (Å²) in [4.78, 5) is 14.0. The van der Waals surface area contributed by atoms with Crippen LogP contribution in [0.15, 0.2) is 59.9 Å². The van der Waals surface area contributed by atoms with Crippen molar-refractivity contribution in [3.8, 4) is 5.88 Å². The number of nitrogens with zero attached hydrogens (tertiary/aromatic N) is 4. The summed E-state index contributed by atoms with van der Waals surface area (Å²) < 4.78 is 73.8. The van der Waals surface area contributed by atoms with Crippen molar-refractivity contribution in [2.75, 3.05) is 18.8 Å². The van der Waals surface area contributed by atoms with Gasteiger partial charge in [0, 0.05) is 18.3 Å². The van der Waals surface area contributed by atoms with Crippen LogP contribution >= 0.6 is 0 Å². The fourth-order valence-corrected chi connectivity index (χ4v) is 5.83. The van der Waals surface area contributed by atoms with Gasteiger partial charge in [-0.15, -0.1) is 0 Å². The van der Waals surface area contributed by atoms with Gasteiger partial charge in [0.2, 0.25) is 5.88 Å². The molecule has 37 heavy (non-hydrogen) atoms. The Morgan fingerprint density at radius 2 is 1.89 bits per heavy atom. The summed E-state index contributed by atoms with van der Waals surface area (Å²) in [5, 5.41) is 0. The summed E-state index contributed by atoms with van der Waals surface area (Å²) in [5.74, 6) is 0.388. The molecule has 0 bridgehead atoms. The second-order valence-electron chi connectivity index (χ2n) is 9.25. The Hall–Kier alpha value is -3.25. The van der Waals surface area contributed by atoms with Crippen LogP contribution in [0.2, 0.25) is 0 Å². The van der Waals surface area contributed by atoms with Crippen molar-refractivity contribution in [2.45, 2.75) is 55.3 Å². The summed E-state index contributed by atoms with van der Waals surface area (Å²) >= 11 is 0. The molecule has 1 aliphatic carbocycles. The Morgan fingerprint density at radius 1 is 1.11 bits per heavy atom. The van der Waals surface area contributed by atoms with E-state index in [1.807, 2.05) is 19.0 Å². The van der Waals surface area contributed by atoms with Crippen LogP contribution in [-0.4, -0.2) is 54.5 Å². The van der Waals surface area contributed by atoms with Crippen LogP contribution in [0.25, 0.3) is 0 Å². The molecular weight excluding hydrogens is 507 g/mol. The zero-order chi connectivity index (χ0) is 26.8. The van der Waals surface area contributed by atoms with E-state index in [9.17, 15) is 21.6 Å². The van der Waals surface area contributed by atoms with Crippen LogP contribution in [0.4, 0.5) is 19.0 Å². The number of hydrogen-bond acceptors (Lipinski definition) is 7. The number of rotatable bonds is 7. The summed E-state index contributed by atoms with van der Waals surface area (Å²) in [6.07, 6.45) is -0.0910. The van der Waals surface area contributed by atoms with Crippen molar-refractivity contribution in [3.63, 3.8) is 0 Å². The highest BCUT2D eigenvalue weighted by Crippen LogP contribution is 2.38. The normalized spacial score (nSPS) is 20.6. The van der Waals surface area contributed by atoms with Gasteiger partial charge >= 0.3 is 6.18 Å². The smallest absolute Gasteiger partial charge is 0.416 e. The molecule has 0 aliphatic heterocycles. The van der Waals surface area contributed by atoms with Crippen molar-refractivity contribution in [3.05, 3.63) is 71.8 Å². The third-order valence-corrected chi connectivity index (χ3v) is 7.99. The van der Waals surface area contributed by atoms with Gasteiger partial charge in [-0.2, -0.15) is 13.2 Å². The van der Waals surface area contributed by atoms with E-state index in [4.69, 9.17) is 4.74 Å². The number of aryl methyl sites for hydroxylation is 1. The molecule has 8 nitrogen and oxygen atoms in total. The molecule has 0 unspecified atom stereocenters. The maximum atomic E-state index is 13.2. The van der Waals surface area contributed by atoms with Gasteiger partial charge in [-0.1, -0.05) is 18.2 Å². The predicted octanol–water partition coefficient (Wildman–Crippen LogP) is 4.64. The highest BCUT2D eigenvalue weighted by Gasteiger charge is 2.36. The molecule has 0 radical (unpaired) electrons. The number of pyridine rings is 1. The van der Waals surface area contributed by atoms with Crippen LogP contribution in [0, 0.1) is 6.92 Å². The van der Waals surface area contributed by atoms with E-state index < -0.39 is 21.8 Å². The molecular formula is C25H28F3N5O3S. The van der Waals surface area contributed by atoms with E-state index in [1.165, 1.54) is 42.9 Å². The van der Waals surface area contributed by atoms with Gasteiger partial charge < -0.3 is 9.64 Å². The first kappa shape index (κ1) is 26.8. The number of sulfonamides is 1. The molecule has 4 rings (SSSR count). The van der Waals surface area contributed by atoms with Crippen LogP contribution in [0.1, 0.15) is 42.0 Å². The van der Waals surface area contributed by atoms with Gasteiger partial charge in [-0.05, 0) is 70.0 Å². The number of benzene rings is 1. The van der Waals surface area contributed by atoms with Crippen molar-refractivity contribution < 1.29 is 26.3 Å². The number of ether oxygens (including phenoxy) is 1. The fourth-order valence-electron chi connectivity index (χ4n) is 4.65. The summed E-state index contributed by atoms with van der Waals surface area (Å²) in [7, 11) is -0.106. The van der Waals surface area contributed by atoms with E-state index in [-0.39, 0.29) is 40.4 Å². The third-order valence-electron chi connectivity index (χ3n) is 6.50. The van der Waals surface area contributed by atoms with Gasteiger partial charge in [0.15, 0.2) is 0 Å². The van der Waals surface area contributed by atoms with Crippen LogP contribution < -0.4 is 9.46 Å². The van der Waals surface area contributed by atoms with Gasteiger partial charge in [0.25, 0.3) is 10.0 Å². The number of nitrogens with one attached hydrogen (secondary N) is 1. The molecule has 1 aliphatic rings. The average Bonchev–Trinajstić information content (AvgIpc) is 2.84.